The van der Waals surface area contributed by atoms with E-state index < -0.39 is 5.76 Å². The van der Waals surface area contributed by atoms with E-state index in [9.17, 15) is 13.2 Å². The van der Waals surface area contributed by atoms with E-state index >= 15 is 0 Å². The van der Waals surface area contributed by atoms with Gasteiger partial charge in [-0.2, -0.15) is 14.0 Å². The van der Waals surface area contributed by atoms with Crippen LogP contribution in [0.3, 0.4) is 0 Å². The SMILES string of the molecule is N#CCSc1nnc(-c2ccc(F)cc2)n1-c1ccc(SC(F)F)cc1. The molecule has 4 nitrogen and oxygen atoms in total. The number of thioether (sulfide) groups is 2. The number of hydrogen-bond acceptors (Lipinski definition) is 5. The molecule has 132 valence electrons. The minimum Gasteiger partial charge on any atom is -0.270 e. The summed E-state index contributed by atoms with van der Waals surface area (Å²) in [4.78, 5) is 0.436. The molecule has 0 aliphatic carbocycles. The van der Waals surface area contributed by atoms with Gasteiger partial charge in [-0.05, 0) is 48.5 Å². The molecule has 0 fully saturated rings. The molecule has 0 N–H and O–H groups in total. The summed E-state index contributed by atoms with van der Waals surface area (Å²) in [6, 6.07) is 14.3. The van der Waals surface area contributed by atoms with Gasteiger partial charge in [-0.15, -0.1) is 10.2 Å². The van der Waals surface area contributed by atoms with Gasteiger partial charge in [0.2, 0.25) is 0 Å². The number of nitriles is 1. The lowest BCUT2D eigenvalue weighted by Gasteiger charge is -2.10. The van der Waals surface area contributed by atoms with Crippen molar-refractivity contribution in [3.05, 3.63) is 54.3 Å². The summed E-state index contributed by atoms with van der Waals surface area (Å²) < 4.78 is 39.9. The molecule has 0 bridgehead atoms. The topological polar surface area (TPSA) is 54.5 Å². The molecular formula is C17H11F3N4S2. The summed E-state index contributed by atoms with van der Waals surface area (Å²) >= 11 is 1.67. The molecule has 0 amide bonds. The number of hydrogen-bond donors (Lipinski definition) is 0. The first kappa shape index (κ1) is 18.4. The van der Waals surface area contributed by atoms with E-state index in [2.05, 4.69) is 10.2 Å². The third-order valence-electron chi connectivity index (χ3n) is 3.32. The Morgan fingerprint density at radius 2 is 1.73 bits per heavy atom. The molecule has 3 aromatic rings. The summed E-state index contributed by atoms with van der Waals surface area (Å²) in [5.74, 6) is -2.21. The van der Waals surface area contributed by atoms with Crippen LogP contribution in [0.5, 0.6) is 0 Å². The average Bonchev–Trinajstić information content (AvgIpc) is 3.04. The molecule has 0 radical (unpaired) electrons. The number of benzene rings is 2. The lowest BCUT2D eigenvalue weighted by atomic mass is 10.2. The maximum absolute atomic E-state index is 13.2. The minimum absolute atomic E-state index is 0.181. The number of aromatic nitrogens is 3. The second kappa shape index (κ2) is 8.29. The van der Waals surface area contributed by atoms with Crippen LogP contribution in [-0.4, -0.2) is 26.3 Å². The summed E-state index contributed by atoms with van der Waals surface area (Å²) in [5, 5.41) is 17.6. The highest BCUT2D eigenvalue weighted by Crippen LogP contribution is 2.30. The normalized spacial score (nSPS) is 10.9. The minimum atomic E-state index is -2.49. The van der Waals surface area contributed by atoms with Crippen LogP contribution in [-0.2, 0) is 0 Å². The van der Waals surface area contributed by atoms with Gasteiger partial charge in [0.05, 0.1) is 11.8 Å². The Morgan fingerprint density at radius 3 is 2.35 bits per heavy atom. The molecule has 0 atom stereocenters. The zero-order chi connectivity index (χ0) is 18.5. The highest BCUT2D eigenvalue weighted by molar-refractivity contribution is 7.99. The summed E-state index contributed by atoms with van der Waals surface area (Å²) in [5.41, 5.74) is 1.31. The van der Waals surface area contributed by atoms with Crippen molar-refractivity contribution in [2.45, 2.75) is 15.8 Å². The van der Waals surface area contributed by atoms with Gasteiger partial charge >= 0.3 is 0 Å². The van der Waals surface area contributed by atoms with Crippen LogP contribution in [0.15, 0.2) is 58.6 Å². The molecular weight excluding hydrogens is 381 g/mol. The largest absolute Gasteiger partial charge is 0.288 e. The van der Waals surface area contributed by atoms with Gasteiger partial charge in [-0.3, -0.25) is 4.57 Å². The van der Waals surface area contributed by atoms with Gasteiger partial charge in [0.1, 0.15) is 5.82 Å². The quantitative estimate of drug-likeness (QED) is 0.553. The van der Waals surface area contributed by atoms with E-state index in [1.54, 1.807) is 41.0 Å². The Bertz CT molecular complexity index is 919. The zero-order valence-electron chi connectivity index (χ0n) is 13.1. The summed E-state index contributed by atoms with van der Waals surface area (Å²) in [6.45, 7) is 0. The smallest absolute Gasteiger partial charge is 0.270 e. The standard InChI is InChI=1S/C17H11F3N4S2/c18-12-3-1-11(2-4-12)15-22-23-17(25-10-9-21)24(15)13-5-7-14(8-6-13)26-16(19)20/h1-8,16H,10H2. The third-order valence-corrected chi connectivity index (χ3v) is 4.84. The Labute approximate surface area is 156 Å². The lowest BCUT2D eigenvalue weighted by Crippen LogP contribution is -2.00. The monoisotopic (exact) mass is 392 g/mol. The molecule has 0 saturated carbocycles. The Hall–Kier alpha value is -2.44. The maximum atomic E-state index is 13.2. The van der Waals surface area contributed by atoms with E-state index in [-0.39, 0.29) is 11.6 Å². The van der Waals surface area contributed by atoms with Crippen LogP contribution in [0, 0.1) is 17.1 Å². The molecule has 26 heavy (non-hydrogen) atoms. The Balaban J connectivity index is 2.03. The fourth-order valence-electron chi connectivity index (χ4n) is 2.26. The molecule has 3 rings (SSSR count). The number of halogens is 3. The van der Waals surface area contributed by atoms with E-state index in [1.807, 2.05) is 6.07 Å². The van der Waals surface area contributed by atoms with E-state index in [0.717, 1.165) is 0 Å². The van der Waals surface area contributed by atoms with Crippen molar-refractivity contribution in [1.29, 1.82) is 5.26 Å². The van der Waals surface area contributed by atoms with E-state index in [0.29, 0.717) is 38.9 Å². The lowest BCUT2D eigenvalue weighted by molar-refractivity contribution is 0.252. The molecule has 9 heteroatoms. The molecule has 0 spiro atoms. The van der Waals surface area contributed by atoms with Crippen molar-refractivity contribution in [3.8, 4) is 23.1 Å². The predicted molar refractivity (Wildman–Crippen MR) is 95.0 cm³/mol. The van der Waals surface area contributed by atoms with Crippen molar-refractivity contribution >= 4 is 23.5 Å². The van der Waals surface area contributed by atoms with Crippen LogP contribution in [0.25, 0.3) is 17.1 Å². The van der Waals surface area contributed by atoms with Crippen molar-refractivity contribution in [2.24, 2.45) is 0 Å². The summed E-state index contributed by atoms with van der Waals surface area (Å²) in [7, 11) is 0. The van der Waals surface area contributed by atoms with Crippen molar-refractivity contribution in [2.75, 3.05) is 5.75 Å². The highest BCUT2D eigenvalue weighted by atomic mass is 32.2. The highest BCUT2D eigenvalue weighted by Gasteiger charge is 2.16. The first-order valence-electron chi connectivity index (χ1n) is 7.35. The van der Waals surface area contributed by atoms with Crippen LogP contribution in [0.4, 0.5) is 13.2 Å². The summed E-state index contributed by atoms with van der Waals surface area (Å²) in [6.07, 6.45) is 0. The fourth-order valence-corrected chi connectivity index (χ4v) is 3.37. The first-order valence-corrected chi connectivity index (χ1v) is 9.21. The van der Waals surface area contributed by atoms with Gasteiger partial charge in [-0.1, -0.05) is 23.5 Å². The van der Waals surface area contributed by atoms with Crippen LogP contribution < -0.4 is 0 Å². The fraction of sp³-hybridized carbons (Fsp3) is 0.118. The molecule has 0 unspecified atom stereocenters. The average molecular weight is 392 g/mol. The van der Waals surface area contributed by atoms with Gasteiger partial charge < -0.3 is 0 Å². The van der Waals surface area contributed by atoms with E-state index in [4.69, 9.17) is 5.26 Å². The third kappa shape index (κ3) is 4.20. The molecule has 0 aliphatic heterocycles. The van der Waals surface area contributed by atoms with Crippen molar-refractivity contribution in [1.82, 2.24) is 14.8 Å². The van der Waals surface area contributed by atoms with E-state index in [1.165, 1.54) is 23.9 Å². The second-order valence-corrected chi connectivity index (χ2v) is 6.97. The molecule has 1 aromatic heterocycles. The molecule has 0 aliphatic rings. The number of rotatable bonds is 6. The maximum Gasteiger partial charge on any atom is 0.288 e. The van der Waals surface area contributed by atoms with Gasteiger partial charge in [0.25, 0.3) is 5.76 Å². The predicted octanol–water partition coefficient (Wildman–Crippen LogP) is 5.00. The van der Waals surface area contributed by atoms with Gasteiger partial charge in [0, 0.05) is 16.1 Å². The molecule has 0 saturated heterocycles. The Morgan fingerprint density at radius 1 is 1.04 bits per heavy atom. The van der Waals surface area contributed by atoms with Crippen LogP contribution in [0.1, 0.15) is 0 Å². The van der Waals surface area contributed by atoms with Crippen molar-refractivity contribution < 1.29 is 13.2 Å². The second-order valence-electron chi connectivity index (χ2n) is 4.97. The first-order chi connectivity index (χ1) is 12.6. The number of nitrogens with zero attached hydrogens (tertiary/aromatic N) is 4. The molecule has 1 heterocycles. The van der Waals surface area contributed by atoms with Gasteiger partial charge in [-0.25, -0.2) is 4.39 Å². The Kier molecular flexibility index (Phi) is 5.85. The van der Waals surface area contributed by atoms with Gasteiger partial charge in [0.15, 0.2) is 11.0 Å². The number of alkyl halides is 2. The van der Waals surface area contributed by atoms with Crippen LogP contribution in [0.2, 0.25) is 0 Å². The van der Waals surface area contributed by atoms with Crippen LogP contribution >= 0.6 is 23.5 Å². The molecule has 2 aromatic carbocycles. The zero-order valence-corrected chi connectivity index (χ0v) is 14.8. The van der Waals surface area contributed by atoms with Crippen molar-refractivity contribution in [3.63, 3.8) is 0 Å².